The van der Waals surface area contributed by atoms with E-state index in [1.54, 1.807) is 31.2 Å². The topological polar surface area (TPSA) is 81.2 Å². The summed E-state index contributed by atoms with van der Waals surface area (Å²) < 4.78 is 60.2. The van der Waals surface area contributed by atoms with Crippen molar-refractivity contribution >= 4 is 15.4 Å². The first kappa shape index (κ1) is 18.1. The molecule has 1 atom stereocenters. The highest BCUT2D eigenvalue weighted by Crippen LogP contribution is 2.30. The largest absolute Gasteiger partial charge is 0.416 e. The molecule has 0 aliphatic rings. The van der Waals surface area contributed by atoms with Crippen LogP contribution in [0.5, 0.6) is 0 Å². The van der Waals surface area contributed by atoms with Crippen LogP contribution >= 0.6 is 0 Å². The zero-order valence-electron chi connectivity index (χ0n) is 13.7. The third-order valence-electron chi connectivity index (χ3n) is 3.38. The highest BCUT2D eigenvalue weighted by atomic mass is 32.2. The molecule has 0 saturated heterocycles. The van der Waals surface area contributed by atoms with E-state index in [-0.39, 0.29) is 5.03 Å². The van der Waals surface area contributed by atoms with Gasteiger partial charge in [-0.25, -0.2) is 9.19 Å². The van der Waals surface area contributed by atoms with Gasteiger partial charge in [0.25, 0.3) is 0 Å². The molecule has 0 fully saturated rings. The lowest BCUT2D eigenvalue weighted by atomic mass is 10.2. The van der Waals surface area contributed by atoms with E-state index in [9.17, 15) is 17.4 Å². The molecule has 2 heterocycles. The number of alkyl halides is 3. The van der Waals surface area contributed by atoms with E-state index in [2.05, 4.69) is 19.5 Å². The molecule has 0 amide bonds. The van der Waals surface area contributed by atoms with Gasteiger partial charge in [0.15, 0.2) is 0 Å². The Hall–Kier alpha value is -2.75. The lowest BCUT2D eigenvalue weighted by Gasteiger charge is -2.09. The summed E-state index contributed by atoms with van der Waals surface area (Å²) in [5, 5.41) is 3.55. The van der Waals surface area contributed by atoms with Crippen molar-refractivity contribution in [3.8, 4) is 11.4 Å². The minimum atomic E-state index is -4.54. The molecule has 6 nitrogen and oxygen atoms in total. The maximum absolute atomic E-state index is 12.8. The summed E-state index contributed by atoms with van der Waals surface area (Å²) in [5.41, 5.74) is 0.0800. The van der Waals surface area contributed by atoms with Crippen molar-refractivity contribution in [2.45, 2.75) is 18.1 Å². The number of nitrogens with zero attached hydrogens (tertiary/aromatic N) is 4. The van der Waals surface area contributed by atoms with Crippen LogP contribution in [0.2, 0.25) is 0 Å². The Morgan fingerprint density at radius 2 is 1.85 bits per heavy atom. The molecular weight excluding hydrogens is 369 g/mol. The molecule has 10 heteroatoms. The molecule has 1 aromatic carbocycles. The van der Waals surface area contributed by atoms with Crippen molar-refractivity contribution in [1.82, 2.24) is 15.1 Å². The predicted octanol–water partition coefficient (Wildman–Crippen LogP) is 4.25. The quantitative estimate of drug-likeness (QED) is 0.676. The first-order chi connectivity index (χ1) is 12.1. The summed E-state index contributed by atoms with van der Waals surface area (Å²) in [6, 6.07) is 8.01. The lowest BCUT2D eigenvalue weighted by Crippen LogP contribution is -2.08. The van der Waals surface area contributed by atoms with E-state index in [0.717, 1.165) is 18.3 Å². The minimum Gasteiger partial charge on any atom is -0.339 e. The van der Waals surface area contributed by atoms with E-state index in [0.29, 0.717) is 23.0 Å². The molecule has 0 N–H and O–H groups in total. The van der Waals surface area contributed by atoms with Gasteiger partial charge >= 0.3 is 6.18 Å². The third kappa shape index (κ3) is 3.90. The molecule has 0 spiro atoms. The highest BCUT2D eigenvalue weighted by molar-refractivity contribution is 7.93. The minimum absolute atomic E-state index is 0.231. The molecule has 3 rings (SSSR count). The van der Waals surface area contributed by atoms with Crippen molar-refractivity contribution in [2.75, 3.05) is 6.26 Å². The van der Waals surface area contributed by atoms with Crippen LogP contribution in [0.4, 0.5) is 18.9 Å². The van der Waals surface area contributed by atoms with Gasteiger partial charge in [-0.2, -0.15) is 22.5 Å². The fourth-order valence-electron chi connectivity index (χ4n) is 2.13. The number of aryl methyl sites for hydroxylation is 1. The van der Waals surface area contributed by atoms with Crippen LogP contribution in [0.15, 0.2) is 56.5 Å². The molecule has 0 saturated carbocycles. The van der Waals surface area contributed by atoms with Gasteiger partial charge in [0, 0.05) is 24.9 Å². The summed E-state index contributed by atoms with van der Waals surface area (Å²) in [5.74, 6) is 0.812. The second-order valence-corrected chi connectivity index (χ2v) is 7.66. The van der Waals surface area contributed by atoms with Crippen LogP contribution in [-0.4, -0.2) is 25.6 Å². The van der Waals surface area contributed by atoms with Crippen molar-refractivity contribution in [2.24, 2.45) is 4.36 Å². The maximum Gasteiger partial charge on any atom is 0.416 e. The predicted molar refractivity (Wildman–Crippen MR) is 88.1 cm³/mol. The first-order valence-electron chi connectivity index (χ1n) is 7.31. The molecular formula is C16H13F3N4O2S. The Bertz CT molecular complexity index is 1050. The Morgan fingerprint density at radius 1 is 1.15 bits per heavy atom. The third-order valence-corrected chi connectivity index (χ3v) is 4.94. The monoisotopic (exact) mass is 382 g/mol. The van der Waals surface area contributed by atoms with Crippen LogP contribution in [0.25, 0.3) is 11.4 Å². The maximum atomic E-state index is 12.8. The fourth-order valence-corrected chi connectivity index (χ4v) is 3.35. The molecule has 26 heavy (non-hydrogen) atoms. The zero-order chi connectivity index (χ0) is 18.9. The number of hydrogen-bond acceptors (Lipinski definition) is 6. The first-order valence-corrected chi connectivity index (χ1v) is 9.24. The number of hydrogen-bond donors (Lipinski definition) is 0. The molecule has 0 aliphatic carbocycles. The normalized spacial score (nSPS) is 14.0. The molecule has 0 aliphatic heterocycles. The van der Waals surface area contributed by atoms with E-state index in [1.165, 1.54) is 6.26 Å². The SMILES string of the molecule is Cc1nc(-c2ccc(N=S(C)(=O)c3cc(C(F)(F)F)ccn3)cc2)no1. The van der Waals surface area contributed by atoms with E-state index < -0.39 is 21.5 Å². The van der Waals surface area contributed by atoms with Crippen LogP contribution in [0.3, 0.4) is 0 Å². The van der Waals surface area contributed by atoms with Gasteiger partial charge in [0.2, 0.25) is 11.7 Å². The molecule has 2 aromatic heterocycles. The summed E-state index contributed by atoms with van der Waals surface area (Å²) >= 11 is 0. The van der Waals surface area contributed by atoms with Gasteiger partial charge in [-0.3, -0.25) is 0 Å². The Labute approximate surface area is 147 Å². The number of rotatable bonds is 3. The summed E-state index contributed by atoms with van der Waals surface area (Å²) in [6.07, 6.45) is -2.33. The van der Waals surface area contributed by atoms with Gasteiger partial charge in [0.05, 0.1) is 21.0 Å². The van der Waals surface area contributed by atoms with Crippen molar-refractivity contribution < 1.29 is 21.9 Å². The average molecular weight is 382 g/mol. The fraction of sp³-hybridized carbons (Fsp3) is 0.188. The summed E-state index contributed by atoms with van der Waals surface area (Å²) in [4.78, 5) is 7.87. The lowest BCUT2D eigenvalue weighted by molar-refractivity contribution is -0.137. The standard InChI is InChI=1S/C16H13F3N4O2S/c1-10-21-15(22-25-10)11-3-5-13(6-4-11)23-26(2,24)14-9-12(7-8-20-14)16(17,18)19/h3-9H,1-2H3. The second kappa shape index (κ2) is 6.52. The number of benzene rings is 1. The van der Waals surface area contributed by atoms with Crippen molar-refractivity contribution in [1.29, 1.82) is 0 Å². The Morgan fingerprint density at radius 3 is 2.42 bits per heavy atom. The Balaban J connectivity index is 1.94. The van der Waals surface area contributed by atoms with Gasteiger partial charge in [-0.1, -0.05) is 5.16 Å². The molecule has 0 bridgehead atoms. The van der Waals surface area contributed by atoms with Gasteiger partial charge in [-0.05, 0) is 36.4 Å². The molecule has 0 radical (unpaired) electrons. The Kier molecular flexibility index (Phi) is 4.53. The van der Waals surface area contributed by atoms with E-state index >= 15 is 0 Å². The smallest absolute Gasteiger partial charge is 0.339 e. The summed E-state index contributed by atoms with van der Waals surface area (Å²) in [7, 11) is -3.16. The molecule has 3 aromatic rings. The second-order valence-electron chi connectivity index (χ2n) is 5.46. The summed E-state index contributed by atoms with van der Waals surface area (Å²) in [6.45, 7) is 1.66. The molecule has 136 valence electrons. The number of halogens is 3. The van der Waals surface area contributed by atoms with Gasteiger partial charge < -0.3 is 4.52 Å². The van der Waals surface area contributed by atoms with Crippen molar-refractivity contribution in [3.63, 3.8) is 0 Å². The zero-order valence-corrected chi connectivity index (χ0v) is 14.5. The highest BCUT2D eigenvalue weighted by Gasteiger charge is 2.31. The van der Waals surface area contributed by atoms with Crippen LogP contribution in [0, 0.1) is 6.92 Å². The van der Waals surface area contributed by atoms with Crippen LogP contribution in [0.1, 0.15) is 11.5 Å². The van der Waals surface area contributed by atoms with Gasteiger partial charge in [0.1, 0.15) is 5.03 Å². The average Bonchev–Trinajstić information content (AvgIpc) is 3.01. The van der Waals surface area contributed by atoms with E-state index in [1.807, 2.05) is 0 Å². The number of aromatic nitrogens is 3. The van der Waals surface area contributed by atoms with Crippen molar-refractivity contribution in [3.05, 3.63) is 54.0 Å². The van der Waals surface area contributed by atoms with Crippen LogP contribution in [-0.2, 0) is 15.9 Å². The van der Waals surface area contributed by atoms with E-state index in [4.69, 9.17) is 4.52 Å². The van der Waals surface area contributed by atoms with Gasteiger partial charge in [-0.15, -0.1) is 0 Å². The number of pyridine rings is 1. The van der Waals surface area contributed by atoms with Crippen LogP contribution < -0.4 is 0 Å². The molecule has 1 unspecified atom stereocenters.